The van der Waals surface area contributed by atoms with Crippen molar-refractivity contribution >= 4 is 11.8 Å². The fourth-order valence-corrected chi connectivity index (χ4v) is 2.88. The van der Waals surface area contributed by atoms with Gasteiger partial charge >= 0.3 is 0 Å². The van der Waals surface area contributed by atoms with Gasteiger partial charge in [-0.25, -0.2) is 0 Å². The average Bonchev–Trinajstić information content (AvgIpc) is 2.55. The minimum absolute atomic E-state index is 0.841. The first-order valence-corrected chi connectivity index (χ1v) is 5.83. The molecule has 0 radical (unpaired) electrons. The van der Waals surface area contributed by atoms with Gasteiger partial charge in [0.1, 0.15) is 0 Å². The summed E-state index contributed by atoms with van der Waals surface area (Å²) in [4.78, 5) is 0. The van der Waals surface area contributed by atoms with Crippen LogP contribution < -0.4 is 5.32 Å². The van der Waals surface area contributed by atoms with Gasteiger partial charge in [0.15, 0.2) is 0 Å². The predicted molar refractivity (Wildman–Crippen MR) is 51.0 cm³/mol. The fourth-order valence-electron chi connectivity index (χ4n) is 1.70. The van der Waals surface area contributed by atoms with Crippen LogP contribution in [0.1, 0.15) is 19.8 Å². The Balaban J connectivity index is 1.59. The number of rotatable bonds is 3. The molecule has 2 aliphatic rings. The maximum Gasteiger partial charge on any atom is 0.0166 e. The zero-order valence-electron chi connectivity index (χ0n) is 7.18. The molecule has 0 aromatic heterocycles. The molecule has 0 spiro atoms. The predicted octanol–water partition coefficient (Wildman–Crippen LogP) is 1.74. The molecule has 1 aliphatic carbocycles. The molecule has 1 N–H and O–H groups in total. The van der Waals surface area contributed by atoms with Crippen LogP contribution in [0.4, 0.5) is 0 Å². The summed E-state index contributed by atoms with van der Waals surface area (Å²) in [6.07, 6.45) is 2.86. The lowest BCUT2D eigenvalue weighted by Gasteiger charge is -2.09. The van der Waals surface area contributed by atoms with Gasteiger partial charge in [-0.2, -0.15) is 11.8 Å². The van der Waals surface area contributed by atoms with Crippen LogP contribution in [-0.4, -0.2) is 24.1 Å². The molecule has 11 heavy (non-hydrogen) atoms. The third kappa shape index (κ3) is 2.12. The second-order valence-corrected chi connectivity index (χ2v) is 5.09. The van der Waals surface area contributed by atoms with E-state index in [-0.39, 0.29) is 0 Å². The largest absolute Gasteiger partial charge is 0.313 e. The summed E-state index contributed by atoms with van der Waals surface area (Å²) in [5.74, 6) is 4.75. The van der Waals surface area contributed by atoms with E-state index < -0.39 is 0 Å². The molecule has 1 saturated carbocycles. The molecule has 2 rings (SSSR count). The normalized spacial score (nSPS) is 42.8. The number of thioether (sulfide) groups is 1. The molecule has 64 valence electrons. The second-order valence-electron chi connectivity index (χ2n) is 3.94. The van der Waals surface area contributed by atoms with Gasteiger partial charge in [0.2, 0.25) is 0 Å². The van der Waals surface area contributed by atoms with Gasteiger partial charge in [0.25, 0.3) is 0 Å². The molecule has 1 saturated heterocycles. The Hall–Kier alpha value is 0.310. The first kappa shape index (κ1) is 7.93. The van der Waals surface area contributed by atoms with E-state index in [1.165, 1.54) is 30.9 Å². The molecule has 2 heteroatoms. The van der Waals surface area contributed by atoms with Gasteiger partial charge in [-0.15, -0.1) is 0 Å². The molecular weight excluding hydrogens is 154 g/mol. The highest BCUT2D eigenvalue weighted by molar-refractivity contribution is 7.99. The van der Waals surface area contributed by atoms with Crippen LogP contribution in [0.15, 0.2) is 0 Å². The summed E-state index contributed by atoms with van der Waals surface area (Å²) in [6, 6.07) is 0.841. The second kappa shape index (κ2) is 3.36. The highest BCUT2D eigenvalue weighted by Gasteiger charge is 2.32. The lowest BCUT2D eigenvalue weighted by molar-refractivity contribution is 0.524. The summed E-state index contributed by atoms with van der Waals surface area (Å²) >= 11 is 2.09. The maximum atomic E-state index is 3.65. The zero-order chi connectivity index (χ0) is 7.68. The Kier molecular flexibility index (Phi) is 2.42. The molecule has 2 fully saturated rings. The first-order valence-electron chi connectivity index (χ1n) is 4.67. The van der Waals surface area contributed by atoms with E-state index in [4.69, 9.17) is 0 Å². The SMILES string of the molecule is CC1CC1CNC1CCSC1. The molecule has 0 aromatic carbocycles. The Morgan fingerprint density at radius 1 is 1.55 bits per heavy atom. The third-order valence-electron chi connectivity index (χ3n) is 2.87. The van der Waals surface area contributed by atoms with Crippen molar-refractivity contribution in [2.45, 2.75) is 25.8 Å². The van der Waals surface area contributed by atoms with E-state index in [1.54, 1.807) is 0 Å². The number of hydrogen-bond acceptors (Lipinski definition) is 2. The van der Waals surface area contributed by atoms with Gasteiger partial charge in [-0.05, 0) is 37.0 Å². The van der Waals surface area contributed by atoms with Gasteiger partial charge in [0, 0.05) is 11.8 Å². The molecular formula is C9H17NS. The van der Waals surface area contributed by atoms with Crippen LogP contribution >= 0.6 is 11.8 Å². The summed E-state index contributed by atoms with van der Waals surface area (Å²) in [6.45, 7) is 3.64. The topological polar surface area (TPSA) is 12.0 Å². The van der Waals surface area contributed by atoms with E-state index in [0.717, 1.165) is 17.9 Å². The highest BCUT2D eigenvalue weighted by atomic mass is 32.2. The minimum Gasteiger partial charge on any atom is -0.313 e. The summed E-state index contributed by atoms with van der Waals surface area (Å²) < 4.78 is 0. The van der Waals surface area contributed by atoms with Crippen molar-refractivity contribution < 1.29 is 0 Å². The van der Waals surface area contributed by atoms with Gasteiger partial charge < -0.3 is 5.32 Å². The zero-order valence-corrected chi connectivity index (χ0v) is 7.99. The van der Waals surface area contributed by atoms with Crippen LogP contribution in [0.2, 0.25) is 0 Å². The van der Waals surface area contributed by atoms with E-state index in [1.807, 2.05) is 0 Å². The Morgan fingerprint density at radius 3 is 2.91 bits per heavy atom. The van der Waals surface area contributed by atoms with Crippen molar-refractivity contribution in [1.82, 2.24) is 5.32 Å². The van der Waals surface area contributed by atoms with Crippen LogP contribution in [0.3, 0.4) is 0 Å². The van der Waals surface area contributed by atoms with Gasteiger partial charge in [-0.1, -0.05) is 6.92 Å². The number of nitrogens with one attached hydrogen (secondary N) is 1. The molecule has 0 aromatic rings. The van der Waals surface area contributed by atoms with E-state index in [0.29, 0.717) is 0 Å². The lowest BCUT2D eigenvalue weighted by Crippen LogP contribution is -2.30. The molecule has 3 atom stereocenters. The third-order valence-corrected chi connectivity index (χ3v) is 4.04. The summed E-state index contributed by atoms with van der Waals surface area (Å²) in [5, 5.41) is 3.65. The Bertz CT molecular complexity index is 132. The van der Waals surface area contributed by atoms with Crippen molar-refractivity contribution in [3.05, 3.63) is 0 Å². The smallest absolute Gasteiger partial charge is 0.0166 e. The molecule has 0 amide bonds. The summed E-state index contributed by atoms with van der Waals surface area (Å²) in [5.41, 5.74) is 0. The first-order chi connectivity index (χ1) is 5.36. The summed E-state index contributed by atoms with van der Waals surface area (Å²) in [7, 11) is 0. The van der Waals surface area contributed by atoms with E-state index in [9.17, 15) is 0 Å². The van der Waals surface area contributed by atoms with Crippen LogP contribution in [-0.2, 0) is 0 Å². The van der Waals surface area contributed by atoms with Crippen molar-refractivity contribution in [3.8, 4) is 0 Å². The van der Waals surface area contributed by atoms with Crippen molar-refractivity contribution in [2.24, 2.45) is 11.8 Å². The average molecular weight is 171 g/mol. The molecule has 1 heterocycles. The quantitative estimate of drug-likeness (QED) is 0.694. The molecule has 3 unspecified atom stereocenters. The van der Waals surface area contributed by atoms with Crippen LogP contribution in [0.25, 0.3) is 0 Å². The minimum atomic E-state index is 0.841. The van der Waals surface area contributed by atoms with Crippen molar-refractivity contribution in [2.75, 3.05) is 18.1 Å². The van der Waals surface area contributed by atoms with E-state index in [2.05, 4.69) is 24.0 Å². The van der Waals surface area contributed by atoms with Gasteiger partial charge in [-0.3, -0.25) is 0 Å². The Morgan fingerprint density at radius 2 is 2.36 bits per heavy atom. The standard InChI is InChI=1S/C9H17NS/c1-7-4-8(7)5-10-9-2-3-11-6-9/h7-10H,2-6H2,1H3. The van der Waals surface area contributed by atoms with Gasteiger partial charge in [0.05, 0.1) is 0 Å². The highest BCUT2D eigenvalue weighted by Crippen LogP contribution is 2.37. The molecule has 1 nitrogen and oxygen atoms in total. The van der Waals surface area contributed by atoms with E-state index >= 15 is 0 Å². The molecule has 0 bridgehead atoms. The maximum absolute atomic E-state index is 3.65. The van der Waals surface area contributed by atoms with Crippen LogP contribution in [0.5, 0.6) is 0 Å². The van der Waals surface area contributed by atoms with Crippen molar-refractivity contribution in [1.29, 1.82) is 0 Å². The van der Waals surface area contributed by atoms with Crippen molar-refractivity contribution in [3.63, 3.8) is 0 Å². The molecule has 1 aliphatic heterocycles. The lowest BCUT2D eigenvalue weighted by atomic mass is 10.2. The number of hydrogen-bond donors (Lipinski definition) is 1. The fraction of sp³-hybridized carbons (Fsp3) is 1.00. The monoisotopic (exact) mass is 171 g/mol. The Labute approximate surface area is 73.3 Å². The van der Waals surface area contributed by atoms with Crippen LogP contribution in [0, 0.1) is 11.8 Å².